The highest BCUT2D eigenvalue weighted by Crippen LogP contribution is 2.13. The summed E-state index contributed by atoms with van der Waals surface area (Å²) in [6.07, 6.45) is 2.58. The van der Waals surface area contributed by atoms with Crippen LogP contribution >= 0.6 is 0 Å². The molecule has 0 aliphatic heterocycles. The van der Waals surface area contributed by atoms with Gasteiger partial charge in [-0.1, -0.05) is 6.92 Å². The molecule has 1 heterocycles. The molecule has 0 radical (unpaired) electrons. The lowest BCUT2D eigenvalue weighted by Crippen LogP contribution is -2.33. The van der Waals surface area contributed by atoms with Crippen molar-refractivity contribution in [2.45, 2.75) is 32.4 Å². The Morgan fingerprint density at radius 3 is 2.85 bits per heavy atom. The summed E-state index contributed by atoms with van der Waals surface area (Å²) < 4.78 is 5.24. The van der Waals surface area contributed by atoms with E-state index in [4.69, 9.17) is 9.52 Å². The summed E-state index contributed by atoms with van der Waals surface area (Å²) in [5.41, 5.74) is 0. The molecule has 1 rings (SSSR count). The number of nitrogens with one attached hydrogen (secondary N) is 1. The first-order valence-corrected chi connectivity index (χ1v) is 4.68. The Kier molecular flexibility index (Phi) is 3.99. The summed E-state index contributed by atoms with van der Waals surface area (Å²) in [6, 6.07) is 4.11. The first-order valence-electron chi connectivity index (χ1n) is 4.68. The third-order valence-electron chi connectivity index (χ3n) is 2.17. The van der Waals surface area contributed by atoms with Gasteiger partial charge in [-0.3, -0.25) is 0 Å². The highest BCUT2D eigenvalue weighted by molar-refractivity contribution is 5.03. The van der Waals surface area contributed by atoms with Gasteiger partial charge in [0.25, 0.3) is 0 Å². The molecule has 0 aliphatic carbocycles. The SMILES string of the molecule is CC[C@H](CO)NC(C)c1ccco1. The molecule has 0 spiro atoms. The fourth-order valence-electron chi connectivity index (χ4n) is 1.27. The van der Waals surface area contributed by atoms with Crippen LogP contribution in [0.3, 0.4) is 0 Å². The normalized spacial score (nSPS) is 15.6. The van der Waals surface area contributed by atoms with E-state index in [1.807, 2.05) is 26.0 Å². The van der Waals surface area contributed by atoms with Crippen LogP contribution in [0.1, 0.15) is 32.1 Å². The molecule has 3 nitrogen and oxygen atoms in total. The van der Waals surface area contributed by atoms with Gasteiger partial charge in [0.15, 0.2) is 0 Å². The summed E-state index contributed by atoms with van der Waals surface area (Å²) in [6.45, 7) is 4.24. The summed E-state index contributed by atoms with van der Waals surface area (Å²) in [5, 5.41) is 12.3. The van der Waals surface area contributed by atoms with Crippen molar-refractivity contribution in [1.29, 1.82) is 0 Å². The highest BCUT2D eigenvalue weighted by atomic mass is 16.3. The zero-order valence-corrected chi connectivity index (χ0v) is 8.16. The van der Waals surface area contributed by atoms with E-state index in [1.54, 1.807) is 6.26 Å². The topological polar surface area (TPSA) is 45.4 Å². The second-order valence-corrected chi connectivity index (χ2v) is 3.19. The molecule has 0 bridgehead atoms. The van der Waals surface area contributed by atoms with Gasteiger partial charge >= 0.3 is 0 Å². The van der Waals surface area contributed by atoms with Crippen molar-refractivity contribution in [3.05, 3.63) is 24.2 Å². The minimum absolute atomic E-state index is 0.153. The Bertz CT molecular complexity index is 217. The number of aliphatic hydroxyl groups is 1. The first-order chi connectivity index (χ1) is 6.27. The molecule has 1 aromatic heterocycles. The van der Waals surface area contributed by atoms with Crippen molar-refractivity contribution in [3.63, 3.8) is 0 Å². The Morgan fingerprint density at radius 1 is 1.62 bits per heavy atom. The lowest BCUT2D eigenvalue weighted by atomic mass is 10.2. The van der Waals surface area contributed by atoms with Gasteiger partial charge in [-0.05, 0) is 25.5 Å². The van der Waals surface area contributed by atoms with E-state index in [2.05, 4.69) is 5.32 Å². The molecular formula is C10H17NO2. The molecule has 13 heavy (non-hydrogen) atoms. The molecule has 2 atom stereocenters. The molecule has 0 aromatic carbocycles. The second kappa shape index (κ2) is 5.04. The quantitative estimate of drug-likeness (QED) is 0.730. The maximum atomic E-state index is 8.98. The van der Waals surface area contributed by atoms with Gasteiger partial charge in [0.1, 0.15) is 5.76 Å². The molecule has 0 saturated heterocycles. The van der Waals surface area contributed by atoms with E-state index in [1.165, 1.54) is 0 Å². The van der Waals surface area contributed by atoms with Crippen molar-refractivity contribution >= 4 is 0 Å². The fourth-order valence-corrected chi connectivity index (χ4v) is 1.27. The van der Waals surface area contributed by atoms with Crippen molar-refractivity contribution in [3.8, 4) is 0 Å². The third-order valence-corrected chi connectivity index (χ3v) is 2.17. The van der Waals surface area contributed by atoms with Crippen LogP contribution in [0.2, 0.25) is 0 Å². The van der Waals surface area contributed by atoms with E-state index < -0.39 is 0 Å². The molecule has 0 fully saturated rings. The molecular weight excluding hydrogens is 166 g/mol. The van der Waals surface area contributed by atoms with E-state index >= 15 is 0 Å². The predicted molar refractivity (Wildman–Crippen MR) is 51.4 cm³/mol. The van der Waals surface area contributed by atoms with E-state index in [0.717, 1.165) is 12.2 Å². The molecule has 0 aliphatic rings. The van der Waals surface area contributed by atoms with Crippen LogP contribution in [0.15, 0.2) is 22.8 Å². The van der Waals surface area contributed by atoms with Gasteiger partial charge in [-0.15, -0.1) is 0 Å². The van der Waals surface area contributed by atoms with Crippen molar-refractivity contribution < 1.29 is 9.52 Å². The second-order valence-electron chi connectivity index (χ2n) is 3.19. The summed E-state index contributed by atoms with van der Waals surface area (Å²) in [7, 11) is 0. The van der Waals surface area contributed by atoms with E-state index in [9.17, 15) is 0 Å². The van der Waals surface area contributed by atoms with Crippen LogP contribution in [0.5, 0.6) is 0 Å². The van der Waals surface area contributed by atoms with Crippen LogP contribution in [0.4, 0.5) is 0 Å². The lowest BCUT2D eigenvalue weighted by Gasteiger charge is -2.18. The van der Waals surface area contributed by atoms with Crippen LogP contribution in [-0.4, -0.2) is 17.8 Å². The third kappa shape index (κ3) is 2.86. The Hall–Kier alpha value is -0.800. The van der Waals surface area contributed by atoms with E-state index in [0.29, 0.717) is 0 Å². The highest BCUT2D eigenvalue weighted by Gasteiger charge is 2.12. The maximum absolute atomic E-state index is 8.98. The number of aliphatic hydroxyl groups excluding tert-OH is 1. The standard InChI is InChI=1S/C10H17NO2/c1-3-9(7-12)11-8(2)10-5-4-6-13-10/h4-6,8-9,11-12H,3,7H2,1-2H3/t8?,9-/m1/s1. The smallest absolute Gasteiger partial charge is 0.120 e. The molecule has 1 aromatic rings. The fraction of sp³-hybridized carbons (Fsp3) is 0.600. The van der Waals surface area contributed by atoms with Gasteiger partial charge in [-0.2, -0.15) is 0 Å². The average Bonchev–Trinajstić information content (AvgIpc) is 2.66. The molecule has 3 heteroatoms. The van der Waals surface area contributed by atoms with Crippen molar-refractivity contribution in [2.24, 2.45) is 0 Å². The van der Waals surface area contributed by atoms with Gasteiger partial charge in [0.2, 0.25) is 0 Å². The van der Waals surface area contributed by atoms with Gasteiger partial charge in [0.05, 0.1) is 18.9 Å². The zero-order valence-electron chi connectivity index (χ0n) is 8.16. The number of furan rings is 1. The molecule has 0 saturated carbocycles. The van der Waals surface area contributed by atoms with Crippen LogP contribution < -0.4 is 5.32 Å². The van der Waals surface area contributed by atoms with Gasteiger partial charge < -0.3 is 14.8 Å². The minimum Gasteiger partial charge on any atom is -0.468 e. The lowest BCUT2D eigenvalue weighted by molar-refractivity contribution is 0.225. The number of hydrogen-bond donors (Lipinski definition) is 2. The van der Waals surface area contributed by atoms with Crippen LogP contribution in [0, 0.1) is 0 Å². The Labute approximate surface area is 78.8 Å². The average molecular weight is 183 g/mol. The monoisotopic (exact) mass is 183 g/mol. The van der Waals surface area contributed by atoms with Crippen molar-refractivity contribution in [1.82, 2.24) is 5.32 Å². The summed E-state index contributed by atoms with van der Waals surface area (Å²) in [5.74, 6) is 0.909. The minimum atomic E-state index is 0.153. The maximum Gasteiger partial charge on any atom is 0.120 e. The predicted octanol–water partition coefficient (Wildman–Crippen LogP) is 1.70. The van der Waals surface area contributed by atoms with Crippen LogP contribution in [-0.2, 0) is 0 Å². The molecule has 2 N–H and O–H groups in total. The zero-order chi connectivity index (χ0) is 9.68. The molecule has 1 unspecified atom stereocenters. The Balaban J connectivity index is 2.45. The number of hydrogen-bond acceptors (Lipinski definition) is 3. The van der Waals surface area contributed by atoms with Crippen LogP contribution in [0.25, 0.3) is 0 Å². The molecule has 74 valence electrons. The molecule has 0 amide bonds. The number of rotatable bonds is 5. The van der Waals surface area contributed by atoms with Gasteiger partial charge in [0, 0.05) is 6.04 Å². The summed E-state index contributed by atoms with van der Waals surface area (Å²) in [4.78, 5) is 0. The van der Waals surface area contributed by atoms with E-state index in [-0.39, 0.29) is 18.7 Å². The first kappa shape index (κ1) is 10.3. The summed E-state index contributed by atoms with van der Waals surface area (Å²) >= 11 is 0. The van der Waals surface area contributed by atoms with Crippen molar-refractivity contribution in [2.75, 3.05) is 6.61 Å². The Morgan fingerprint density at radius 2 is 2.38 bits per heavy atom. The largest absolute Gasteiger partial charge is 0.468 e. The van der Waals surface area contributed by atoms with Gasteiger partial charge in [-0.25, -0.2) is 0 Å².